The first-order chi connectivity index (χ1) is 19.1. The number of piperazine rings is 1. The molecule has 2 unspecified atom stereocenters. The van der Waals surface area contributed by atoms with Crippen molar-refractivity contribution in [3.8, 4) is 5.75 Å². The summed E-state index contributed by atoms with van der Waals surface area (Å²) >= 11 is 0. The number of hydrogen-bond donors (Lipinski definition) is 0. The van der Waals surface area contributed by atoms with Crippen LogP contribution >= 0.6 is 0 Å². The molecule has 4 saturated heterocycles. The van der Waals surface area contributed by atoms with E-state index in [1.807, 2.05) is 72.7 Å². The van der Waals surface area contributed by atoms with Crippen molar-refractivity contribution in [3.05, 3.63) is 54.4 Å². The molecule has 11 nitrogen and oxygen atoms in total. The van der Waals surface area contributed by atoms with E-state index >= 15 is 0 Å². The van der Waals surface area contributed by atoms with Crippen LogP contribution in [-0.4, -0.2) is 81.6 Å². The van der Waals surface area contributed by atoms with Gasteiger partial charge in [-0.05, 0) is 57.0 Å². The summed E-state index contributed by atoms with van der Waals surface area (Å²) in [6.07, 6.45) is 4.50. The van der Waals surface area contributed by atoms with Gasteiger partial charge in [0.15, 0.2) is 5.65 Å². The van der Waals surface area contributed by atoms with Crippen molar-refractivity contribution < 1.29 is 23.9 Å². The average molecular weight is 547 g/mol. The molecule has 6 heterocycles. The Morgan fingerprint density at radius 3 is 2.48 bits per heavy atom. The number of pyridine rings is 1. The monoisotopic (exact) mass is 546 g/mol. The molecule has 2 aromatic heterocycles. The summed E-state index contributed by atoms with van der Waals surface area (Å²) in [7, 11) is 1.60. The second kappa shape index (κ2) is 9.72. The van der Waals surface area contributed by atoms with Crippen LogP contribution in [0.5, 0.6) is 5.75 Å². The number of fused-ring (bicyclic) bond motifs is 3. The summed E-state index contributed by atoms with van der Waals surface area (Å²) in [6.45, 7) is 7.48. The van der Waals surface area contributed by atoms with Gasteiger partial charge in [0.2, 0.25) is 5.91 Å². The fourth-order valence-electron chi connectivity index (χ4n) is 5.82. The van der Waals surface area contributed by atoms with Crippen molar-refractivity contribution in [3.63, 3.8) is 0 Å². The molecule has 11 heteroatoms. The highest BCUT2D eigenvalue weighted by Crippen LogP contribution is 2.37. The van der Waals surface area contributed by atoms with Crippen molar-refractivity contribution >= 4 is 35.2 Å². The third-order valence-electron chi connectivity index (χ3n) is 7.72. The lowest BCUT2D eigenvalue weighted by molar-refractivity contribution is -0.129. The quantitative estimate of drug-likeness (QED) is 0.479. The first kappa shape index (κ1) is 26.0. The van der Waals surface area contributed by atoms with Crippen LogP contribution in [0.15, 0.2) is 48.8 Å². The lowest BCUT2D eigenvalue weighted by Crippen LogP contribution is -2.70. The summed E-state index contributed by atoms with van der Waals surface area (Å²) in [5.41, 5.74) is 1.99. The molecule has 4 amide bonds. The van der Waals surface area contributed by atoms with Crippen LogP contribution in [0.1, 0.15) is 39.2 Å². The summed E-state index contributed by atoms with van der Waals surface area (Å²) in [5, 5.41) is 0. The normalized spacial score (nSPS) is 21.1. The molecule has 1 aromatic carbocycles. The molecule has 4 aliphatic heterocycles. The second-order valence-electron chi connectivity index (χ2n) is 11.6. The van der Waals surface area contributed by atoms with E-state index in [0.29, 0.717) is 24.7 Å². The van der Waals surface area contributed by atoms with Crippen LogP contribution < -0.4 is 14.5 Å². The number of ether oxygens (including phenoxy) is 2. The van der Waals surface area contributed by atoms with Gasteiger partial charge in [0, 0.05) is 32.3 Å². The Morgan fingerprint density at radius 1 is 1.07 bits per heavy atom. The molecule has 0 N–H and O–H groups in total. The van der Waals surface area contributed by atoms with E-state index in [0.717, 1.165) is 23.3 Å². The highest BCUT2D eigenvalue weighted by Gasteiger charge is 2.49. The van der Waals surface area contributed by atoms with Crippen LogP contribution in [-0.2, 0) is 16.1 Å². The zero-order valence-corrected chi connectivity index (χ0v) is 23.2. The van der Waals surface area contributed by atoms with E-state index in [1.54, 1.807) is 18.2 Å². The van der Waals surface area contributed by atoms with Gasteiger partial charge >= 0.3 is 12.1 Å². The highest BCUT2D eigenvalue weighted by molar-refractivity contribution is 6.05. The van der Waals surface area contributed by atoms with Gasteiger partial charge in [0.1, 0.15) is 17.2 Å². The van der Waals surface area contributed by atoms with E-state index in [9.17, 15) is 14.4 Å². The van der Waals surface area contributed by atoms with Crippen molar-refractivity contribution in [2.75, 3.05) is 36.5 Å². The zero-order chi connectivity index (χ0) is 28.2. The number of carbonyl (C=O) groups excluding carboxylic acids is 3. The molecule has 40 heavy (non-hydrogen) atoms. The third-order valence-corrected chi connectivity index (χ3v) is 7.72. The van der Waals surface area contributed by atoms with E-state index in [1.165, 1.54) is 4.90 Å². The first-order valence-electron chi connectivity index (χ1n) is 13.6. The maximum atomic E-state index is 13.5. The van der Waals surface area contributed by atoms with Gasteiger partial charge in [0.05, 0.1) is 37.6 Å². The van der Waals surface area contributed by atoms with Crippen molar-refractivity contribution in [2.45, 2.75) is 57.8 Å². The molecule has 4 fully saturated rings. The fourth-order valence-corrected chi connectivity index (χ4v) is 5.82. The molecule has 2 atom stereocenters. The predicted octanol–water partition coefficient (Wildman–Crippen LogP) is 3.90. The van der Waals surface area contributed by atoms with E-state index in [4.69, 9.17) is 14.5 Å². The summed E-state index contributed by atoms with van der Waals surface area (Å²) in [6, 6.07) is 11.1. The molecule has 2 bridgehead atoms. The maximum Gasteiger partial charge on any atom is 0.410 e. The van der Waals surface area contributed by atoms with Gasteiger partial charge in [0.25, 0.3) is 0 Å². The van der Waals surface area contributed by atoms with Gasteiger partial charge < -0.3 is 14.4 Å². The van der Waals surface area contributed by atoms with Gasteiger partial charge in [-0.2, -0.15) is 0 Å². The number of hydrogen-bond acceptors (Lipinski definition) is 7. The summed E-state index contributed by atoms with van der Waals surface area (Å²) in [5.74, 6) is 1.13. The number of benzene rings is 1. The van der Waals surface area contributed by atoms with Crippen LogP contribution in [0.25, 0.3) is 5.65 Å². The summed E-state index contributed by atoms with van der Waals surface area (Å²) < 4.78 is 12.7. The topological polar surface area (TPSA) is 99.9 Å². The number of methoxy groups -OCH3 is 1. The smallest absolute Gasteiger partial charge is 0.410 e. The molecule has 7 rings (SSSR count). The number of nitrogens with zero attached hydrogens (tertiary/aromatic N) is 6. The van der Waals surface area contributed by atoms with Gasteiger partial charge in [-0.1, -0.05) is 12.1 Å². The van der Waals surface area contributed by atoms with Gasteiger partial charge in [-0.3, -0.25) is 23.9 Å². The number of rotatable bonds is 5. The minimum absolute atomic E-state index is 0.0875. The molecule has 210 valence electrons. The van der Waals surface area contributed by atoms with Crippen LogP contribution in [0.4, 0.5) is 21.1 Å². The molecule has 0 radical (unpaired) electrons. The number of aromatic nitrogens is 2. The SMILES string of the molecule is COc1ccc(CN2C(=O)CCN(c3cnc4c(N5CC6CC(C5)N6C(=O)OC(C)(C)C)cccn34)C2=O)cc1. The van der Waals surface area contributed by atoms with Crippen LogP contribution in [0.3, 0.4) is 0 Å². The van der Waals surface area contributed by atoms with E-state index in [-0.39, 0.29) is 49.6 Å². The summed E-state index contributed by atoms with van der Waals surface area (Å²) in [4.78, 5) is 50.7. The predicted molar refractivity (Wildman–Crippen MR) is 149 cm³/mol. The maximum absolute atomic E-state index is 13.5. The van der Waals surface area contributed by atoms with E-state index < -0.39 is 5.60 Å². The Kier molecular flexibility index (Phi) is 6.31. The number of urea groups is 1. The Bertz CT molecular complexity index is 1450. The average Bonchev–Trinajstić information content (AvgIpc) is 3.34. The lowest BCUT2D eigenvalue weighted by atomic mass is 9.87. The molecular formula is C29H34N6O5. The molecule has 0 aliphatic carbocycles. The number of carbonyl (C=O) groups is 3. The zero-order valence-electron chi connectivity index (χ0n) is 23.2. The highest BCUT2D eigenvalue weighted by atomic mass is 16.6. The van der Waals surface area contributed by atoms with E-state index in [2.05, 4.69) is 4.90 Å². The third kappa shape index (κ3) is 4.59. The minimum Gasteiger partial charge on any atom is -0.497 e. The first-order valence-corrected chi connectivity index (χ1v) is 13.6. The molecule has 3 aromatic rings. The number of imidazole rings is 1. The van der Waals surface area contributed by atoms with Crippen LogP contribution in [0, 0.1) is 0 Å². The fraction of sp³-hybridized carbons (Fsp3) is 0.448. The Hall–Kier alpha value is -4.28. The second-order valence-corrected chi connectivity index (χ2v) is 11.6. The molecule has 0 spiro atoms. The Morgan fingerprint density at radius 2 is 1.80 bits per heavy atom. The Balaban J connectivity index is 1.21. The lowest BCUT2D eigenvalue weighted by Gasteiger charge is -2.56. The van der Waals surface area contributed by atoms with Crippen molar-refractivity contribution in [1.82, 2.24) is 19.2 Å². The number of imide groups is 1. The largest absolute Gasteiger partial charge is 0.497 e. The van der Waals surface area contributed by atoms with Crippen molar-refractivity contribution in [2.24, 2.45) is 0 Å². The Labute approximate surface area is 232 Å². The number of piperidine rings is 1. The minimum atomic E-state index is -0.529. The standard InChI is InChI=1S/C29H34N6O5/c1-29(2,3)40-28(38)35-20-14-21(35)18-31(17-20)23-6-5-12-32-24(15-30-26(23)32)33-13-11-25(36)34(27(33)37)16-19-7-9-22(39-4)10-8-19/h5-10,12,15,20-21H,11,13-14,16-18H2,1-4H3. The molecular weight excluding hydrogens is 512 g/mol. The van der Waals surface area contributed by atoms with Gasteiger partial charge in [-0.15, -0.1) is 0 Å². The molecule has 4 aliphatic rings. The molecule has 0 saturated carbocycles. The number of amides is 4. The number of anilines is 2. The van der Waals surface area contributed by atoms with Gasteiger partial charge in [-0.25, -0.2) is 14.6 Å². The van der Waals surface area contributed by atoms with Crippen molar-refractivity contribution in [1.29, 1.82) is 0 Å². The van der Waals surface area contributed by atoms with Crippen LogP contribution in [0.2, 0.25) is 0 Å².